The van der Waals surface area contributed by atoms with Gasteiger partial charge in [0.15, 0.2) is 11.5 Å². The van der Waals surface area contributed by atoms with Gasteiger partial charge in [0.2, 0.25) is 5.91 Å². The van der Waals surface area contributed by atoms with E-state index in [1.54, 1.807) is 17.9 Å². The number of fused-ring (bicyclic) bond motifs is 1. The predicted molar refractivity (Wildman–Crippen MR) is 74.3 cm³/mol. The van der Waals surface area contributed by atoms with Crippen LogP contribution in [0.2, 0.25) is 5.15 Å². The summed E-state index contributed by atoms with van der Waals surface area (Å²) < 4.78 is 1.57. The number of halogens is 1. The maximum atomic E-state index is 11.8. The molecule has 0 spiro atoms. The van der Waals surface area contributed by atoms with Crippen LogP contribution >= 0.6 is 23.4 Å². The number of rotatable bonds is 2. The molecule has 0 saturated carbocycles. The molecule has 9 heteroatoms. The van der Waals surface area contributed by atoms with Crippen molar-refractivity contribution in [2.75, 3.05) is 5.75 Å². The van der Waals surface area contributed by atoms with Gasteiger partial charge in [-0.2, -0.15) is 5.10 Å². The first-order valence-electron chi connectivity index (χ1n) is 5.87. The number of thioether (sulfide) groups is 1. The summed E-state index contributed by atoms with van der Waals surface area (Å²) in [6, 6.07) is 0. The van der Waals surface area contributed by atoms with Crippen LogP contribution in [0.4, 0.5) is 4.79 Å². The lowest BCUT2D eigenvalue weighted by atomic mass is 10.3. The Morgan fingerprint density at radius 2 is 2.20 bits per heavy atom. The average Bonchev–Trinajstić information content (AvgIpc) is 2.77. The van der Waals surface area contributed by atoms with Gasteiger partial charge in [-0.1, -0.05) is 23.4 Å². The Hall–Kier alpha value is -1.67. The Labute approximate surface area is 123 Å². The van der Waals surface area contributed by atoms with Gasteiger partial charge >= 0.3 is 0 Å². The summed E-state index contributed by atoms with van der Waals surface area (Å²) in [7, 11) is 1.74. The van der Waals surface area contributed by atoms with Crippen LogP contribution in [-0.4, -0.2) is 41.5 Å². The third-order valence-corrected chi connectivity index (χ3v) is 4.12. The summed E-state index contributed by atoms with van der Waals surface area (Å²) in [5, 5.41) is 4.69. The van der Waals surface area contributed by atoms with Crippen molar-refractivity contribution in [3.63, 3.8) is 0 Å². The molecule has 2 aromatic heterocycles. The zero-order chi connectivity index (χ0) is 14.3. The van der Waals surface area contributed by atoms with E-state index in [0.717, 1.165) is 16.7 Å². The normalized spacial score (nSPS) is 16.2. The zero-order valence-corrected chi connectivity index (χ0v) is 12.1. The second kappa shape index (κ2) is 5.02. The molecule has 0 N–H and O–H groups in total. The monoisotopic (exact) mass is 311 g/mol. The standard InChI is InChI=1S/C11H10ClN5O2S/c1-16-10-6(4-13-16)9(12)14-7(15-10)5-17-8(18)2-3-20-11(17)19/h4H,2-3,5H2,1H3. The number of hydrogen-bond acceptors (Lipinski definition) is 6. The summed E-state index contributed by atoms with van der Waals surface area (Å²) in [6.07, 6.45) is 1.92. The fraction of sp³-hybridized carbons (Fsp3) is 0.364. The Bertz CT molecular complexity index is 700. The largest absolute Gasteiger partial charge is 0.288 e. The zero-order valence-electron chi connectivity index (χ0n) is 10.5. The molecule has 104 valence electrons. The summed E-state index contributed by atoms with van der Waals surface area (Å²) in [6.45, 7) is 0.0332. The molecule has 2 aromatic rings. The predicted octanol–water partition coefficient (Wildman–Crippen LogP) is 1.60. The van der Waals surface area contributed by atoms with E-state index in [-0.39, 0.29) is 22.8 Å². The third kappa shape index (κ3) is 2.25. The Kier molecular flexibility index (Phi) is 3.35. The first kappa shape index (κ1) is 13.3. The molecule has 0 bridgehead atoms. The van der Waals surface area contributed by atoms with Crippen LogP contribution < -0.4 is 0 Å². The molecule has 3 heterocycles. The van der Waals surface area contributed by atoms with Crippen molar-refractivity contribution in [3.05, 3.63) is 17.2 Å². The van der Waals surface area contributed by atoms with E-state index in [2.05, 4.69) is 15.1 Å². The first-order valence-corrected chi connectivity index (χ1v) is 7.24. The number of carbonyl (C=O) groups is 2. The van der Waals surface area contributed by atoms with E-state index in [1.165, 1.54) is 0 Å². The maximum Gasteiger partial charge on any atom is 0.288 e. The molecule has 1 fully saturated rings. The van der Waals surface area contributed by atoms with Crippen molar-refractivity contribution in [2.45, 2.75) is 13.0 Å². The molecule has 0 aromatic carbocycles. The van der Waals surface area contributed by atoms with Crippen LogP contribution in [0.15, 0.2) is 6.20 Å². The van der Waals surface area contributed by atoms with Crippen molar-refractivity contribution < 1.29 is 9.59 Å². The van der Waals surface area contributed by atoms with E-state index >= 15 is 0 Å². The SMILES string of the molecule is Cn1ncc2c(Cl)nc(CN3C(=O)CCSC3=O)nc21. The van der Waals surface area contributed by atoms with Gasteiger partial charge < -0.3 is 0 Å². The second-order valence-electron chi connectivity index (χ2n) is 4.28. The van der Waals surface area contributed by atoms with Crippen molar-refractivity contribution in [1.29, 1.82) is 0 Å². The molecule has 1 aliphatic heterocycles. The molecule has 7 nitrogen and oxygen atoms in total. The fourth-order valence-electron chi connectivity index (χ4n) is 1.94. The minimum absolute atomic E-state index is 0.0332. The molecule has 3 rings (SSSR count). The summed E-state index contributed by atoms with van der Waals surface area (Å²) in [5.74, 6) is 0.644. The minimum Gasteiger partial charge on any atom is -0.274 e. The molecule has 1 saturated heterocycles. The average molecular weight is 312 g/mol. The number of hydrogen-bond donors (Lipinski definition) is 0. The highest BCUT2D eigenvalue weighted by Gasteiger charge is 2.27. The smallest absolute Gasteiger partial charge is 0.274 e. The van der Waals surface area contributed by atoms with Crippen LogP contribution in [0, 0.1) is 0 Å². The second-order valence-corrected chi connectivity index (χ2v) is 5.68. The highest BCUT2D eigenvalue weighted by molar-refractivity contribution is 8.13. The fourth-order valence-corrected chi connectivity index (χ4v) is 2.94. The van der Waals surface area contributed by atoms with Crippen molar-refractivity contribution >= 4 is 45.5 Å². The Morgan fingerprint density at radius 3 is 2.95 bits per heavy atom. The lowest BCUT2D eigenvalue weighted by Crippen LogP contribution is -2.38. The van der Waals surface area contributed by atoms with Gasteiger partial charge in [-0.05, 0) is 0 Å². The molecule has 0 radical (unpaired) electrons. The van der Waals surface area contributed by atoms with Gasteiger partial charge in [0.25, 0.3) is 5.24 Å². The first-order chi connectivity index (χ1) is 9.56. The number of amides is 2. The van der Waals surface area contributed by atoms with Gasteiger partial charge in [-0.3, -0.25) is 19.2 Å². The highest BCUT2D eigenvalue weighted by Crippen LogP contribution is 2.23. The lowest BCUT2D eigenvalue weighted by Gasteiger charge is -2.23. The molecule has 0 aliphatic carbocycles. The summed E-state index contributed by atoms with van der Waals surface area (Å²) >= 11 is 7.19. The Balaban J connectivity index is 1.96. The Morgan fingerprint density at radius 1 is 1.40 bits per heavy atom. The molecular weight excluding hydrogens is 302 g/mol. The number of imide groups is 1. The van der Waals surface area contributed by atoms with Crippen molar-refractivity contribution in [1.82, 2.24) is 24.6 Å². The quantitative estimate of drug-likeness (QED) is 0.784. The minimum atomic E-state index is -0.272. The molecule has 1 aliphatic rings. The van der Waals surface area contributed by atoms with E-state index < -0.39 is 0 Å². The topological polar surface area (TPSA) is 81.0 Å². The van der Waals surface area contributed by atoms with Crippen LogP contribution in [0.25, 0.3) is 11.0 Å². The van der Waals surface area contributed by atoms with Gasteiger partial charge in [0.1, 0.15) is 5.15 Å². The van der Waals surface area contributed by atoms with Gasteiger partial charge in [-0.15, -0.1) is 0 Å². The molecular formula is C11H10ClN5O2S. The molecule has 20 heavy (non-hydrogen) atoms. The summed E-state index contributed by atoms with van der Waals surface area (Å²) in [4.78, 5) is 33.1. The van der Waals surface area contributed by atoms with Gasteiger partial charge in [-0.25, -0.2) is 9.97 Å². The summed E-state index contributed by atoms with van der Waals surface area (Å²) in [5.41, 5.74) is 0.574. The van der Waals surface area contributed by atoms with Crippen LogP contribution in [0.3, 0.4) is 0 Å². The van der Waals surface area contributed by atoms with E-state index in [4.69, 9.17) is 11.6 Å². The van der Waals surface area contributed by atoms with Crippen LogP contribution in [-0.2, 0) is 18.4 Å². The molecule has 0 atom stereocenters. The van der Waals surface area contributed by atoms with Crippen LogP contribution in [0.1, 0.15) is 12.2 Å². The van der Waals surface area contributed by atoms with E-state index in [1.807, 2.05) is 0 Å². The van der Waals surface area contributed by atoms with Crippen molar-refractivity contribution in [2.24, 2.45) is 7.05 Å². The number of aromatic nitrogens is 4. The number of carbonyl (C=O) groups excluding carboxylic acids is 2. The molecule has 0 unspecified atom stereocenters. The number of nitrogens with zero attached hydrogens (tertiary/aromatic N) is 5. The number of aryl methyl sites for hydroxylation is 1. The maximum absolute atomic E-state index is 11.8. The van der Waals surface area contributed by atoms with E-state index in [9.17, 15) is 9.59 Å². The van der Waals surface area contributed by atoms with Crippen molar-refractivity contribution in [3.8, 4) is 0 Å². The van der Waals surface area contributed by atoms with Gasteiger partial charge in [0, 0.05) is 19.2 Å². The van der Waals surface area contributed by atoms with Crippen LogP contribution in [0.5, 0.6) is 0 Å². The lowest BCUT2D eigenvalue weighted by molar-refractivity contribution is -0.128. The van der Waals surface area contributed by atoms with Gasteiger partial charge in [0.05, 0.1) is 18.1 Å². The van der Waals surface area contributed by atoms with E-state index in [0.29, 0.717) is 29.0 Å². The highest BCUT2D eigenvalue weighted by atomic mass is 35.5. The third-order valence-electron chi connectivity index (χ3n) is 2.95. The molecule has 2 amide bonds.